The summed E-state index contributed by atoms with van der Waals surface area (Å²) in [5.41, 5.74) is 3.61. The molecule has 1 aromatic carbocycles. The van der Waals surface area contributed by atoms with Crippen molar-refractivity contribution in [2.75, 3.05) is 0 Å². The zero-order valence-corrected chi connectivity index (χ0v) is 25.3. The lowest BCUT2D eigenvalue weighted by Gasteiger charge is -1.93. The average Bonchev–Trinajstić information content (AvgIpc) is 3.66. The molecule has 0 amide bonds. The van der Waals surface area contributed by atoms with Crippen molar-refractivity contribution in [1.82, 2.24) is 15.0 Å². The lowest BCUT2D eigenvalue weighted by atomic mass is 10.2. The first-order valence-electron chi connectivity index (χ1n) is 12.9. The van der Waals surface area contributed by atoms with Crippen molar-refractivity contribution < 1.29 is 8.83 Å². The van der Waals surface area contributed by atoms with Gasteiger partial charge in [0.25, 0.3) is 0 Å². The van der Waals surface area contributed by atoms with E-state index in [0.717, 1.165) is 28.8 Å². The van der Waals surface area contributed by atoms with Gasteiger partial charge in [0.1, 0.15) is 11.8 Å². The number of hydrogen-bond donors (Lipinski definition) is 0. The van der Waals surface area contributed by atoms with Gasteiger partial charge in [-0.3, -0.25) is 4.98 Å². The molecule has 35 heavy (non-hydrogen) atoms. The van der Waals surface area contributed by atoms with E-state index in [-0.39, 0.29) is 0 Å². The molecule has 0 aliphatic heterocycles. The number of fused-ring (bicyclic) bond motifs is 1. The number of nitrogens with zero attached hydrogens (tertiary/aromatic N) is 3. The molecule has 0 saturated carbocycles. The minimum absolute atomic E-state index is 0.359. The van der Waals surface area contributed by atoms with Crippen molar-refractivity contribution in [1.29, 1.82) is 0 Å². The van der Waals surface area contributed by atoms with Gasteiger partial charge in [-0.25, -0.2) is 9.97 Å². The number of para-hydroxylation sites is 2. The number of benzene rings is 1. The SMILES string of the molecule is CC.CC.CC.CC(C)C.CC(C)c1nc2ccccc2o1.CC(C)c1ncco1.c1cscn1. The first-order valence-corrected chi connectivity index (χ1v) is 13.8. The Kier molecular flexibility index (Phi) is 27.7. The van der Waals surface area contributed by atoms with E-state index in [0.29, 0.717) is 11.8 Å². The standard InChI is InChI=1S/C10H11NO.C6H9NO.C4H10.C3H3NS.3C2H6/c1-7(2)10-11-8-5-3-4-6-9(8)12-10;1-5(2)6-7-3-4-8-6;1-4(2)3;1-2-5-3-4-1;3*1-2/h3-7H,1-2H3;3-5H,1-2H3;4H,1-3H3;1-3H;3*1-2H3. The minimum Gasteiger partial charge on any atom is -0.449 e. The molecule has 0 bridgehead atoms. The Bertz CT molecular complexity index is 816. The van der Waals surface area contributed by atoms with Crippen LogP contribution in [0.3, 0.4) is 0 Å². The fraction of sp³-hybridized carbons (Fsp3) is 0.552. The van der Waals surface area contributed by atoms with E-state index >= 15 is 0 Å². The summed E-state index contributed by atoms with van der Waals surface area (Å²) < 4.78 is 10.5. The lowest BCUT2D eigenvalue weighted by molar-refractivity contribution is 0.471. The van der Waals surface area contributed by atoms with E-state index in [4.69, 9.17) is 8.83 Å². The van der Waals surface area contributed by atoms with E-state index in [9.17, 15) is 0 Å². The molecule has 0 aliphatic carbocycles. The molecule has 200 valence electrons. The lowest BCUT2D eigenvalue weighted by Crippen LogP contribution is -1.84. The number of thiazole rings is 1. The summed E-state index contributed by atoms with van der Waals surface area (Å²) in [7, 11) is 0. The van der Waals surface area contributed by atoms with E-state index in [1.807, 2.05) is 85.0 Å². The number of hydrogen-bond acceptors (Lipinski definition) is 6. The molecule has 4 aromatic rings. The predicted octanol–water partition coefficient (Wildman–Crippen LogP) is 10.6. The second-order valence-electron chi connectivity index (χ2n) is 7.61. The van der Waals surface area contributed by atoms with Gasteiger partial charge in [-0.1, -0.05) is 102 Å². The molecule has 0 unspecified atom stereocenters. The topological polar surface area (TPSA) is 65.0 Å². The molecule has 0 radical (unpaired) electrons. The van der Waals surface area contributed by atoms with Crippen molar-refractivity contribution in [3.8, 4) is 0 Å². The largest absolute Gasteiger partial charge is 0.449 e. The fourth-order valence-corrected chi connectivity index (χ4v) is 2.18. The van der Waals surface area contributed by atoms with Crippen LogP contribution in [0.15, 0.2) is 62.6 Å². The highest BCUT2D eigenvalue weighted by molar-refractivity contribution is 7.07. The summed E-state index contributed by atoms with van der Waals surface area (Å²) in [6.07, 6.45) is 5.02. The van der Waals surface area contributed by atoms with Crippen LogP contribution in [0.4, 0.5) is 0 Å². The van der Waals surface area contributed by atoms with Crippen LogP contribution >= 0.6 is 11.3 Å². The molecule has 3 aromatic heterocycles. The quantitative estimate of drug-likeness (QED) is 0.271. The molecule has 5 nitrogen and oxygen atoms in total. The molecule has 0 aliphatic rings. The summed E-state index contributed by atoms with van der Waals surface area (Å²) in [5.74, 6) is 3.23. The van der Waals surface area contributed by atoms with E-state index in [2.05, 4.69) is 49.6 Å². The average molecular weight is 506 g/mol. The van der Waals surface area contributed by atoms with Gasteiger partial charge in [0.05, 0.1) is 11.7 Å². The Morgan fingerprint density at radius 3 is 1.60 bits per heavy atom. The Morgan fingerprint density at radius 1 is 0.743 bits per heavy atom. The van der Waals surface area contributed by atoms with E-state index in [1.54, 1.807) is 35.5 Å². The van der Waals surface area contributed by atoms with Gasteiger partial charge in [0, 0.05) is 23.4 Å². The maximum Gasteiger partial charge on any atom is 0.198 e. The second kappa shape index (κ2) is 26.1. The monoisotopic (exact) mass is 505 g/mol. The normalized spacial score (nSPS) is 8.91. The molecule has 0 N–H and O–H groups in total. The molecular weight excluding hydrogens is 454 g/mol. The van der Waals surface area contributed by atoms with Crippen molar-refractivity contribution in [2.24, 2.45) is 5.92 Å². The van der Waals surface area contributed by atoms with Crippen molar-refractivity contribution in [2.45, 2.75) is 102 Å². The van der Waals surface area contributed by atoms with Crippen LogP contribution in [0.25, 0.3) is 11.1 Å². The minimum atomic E-state index is 0.359. The second-order valence-corrected chi connectivity index (χ2v) is 8.36. The summed E-state index contributed by atoms with van der Waals surface area (Å²) in [4.78, 5) is 12.0. The summed E-state index contributed by atoms with van der Waals surface area (Å²) in [5, 5.41) is 1.93. The zero-order valence-electron chi connectivity index (χ0n) is 24.5. The smallest absolute Gasteiger partial charge is 0.198 e. The number of oxazole rings is 2. The highest BCUT2D eigenvalue weighted by Gasteiger charge is 2.07. The fourth-order valence-electron chi connectivity index (χ4n) is 1.83. The summed E-state index contributed by atoms with van der Waals surface area (Å²) in [6.45, 7) is 26.7. The number of rotatable bonds is 2. The molecule has 0 spiro atoms. The molecular formula is C29H51N3O2S. The van der Waals surface area contributed by atoms with Gasteiger partial charge < -0.3 is 8.83 Å². The third-order valence-corrected chi connectivity index (χ3v) is 3.62. The molecule has 3 heterocycles. The predicted molar refractivity (Wildman–Crippen MR) is 155 cm³/mol. The highest BCUT2D eigenvalue weighted by Crippen LogP contribution is 2.20. The zero-order chi connectivity index (χ0) is 27.6. The molecule has 4 rings (SSSR count). The van der Waals surface area contributed by atoms with Crippen LogP contribution in [0.5, 0.6) is 0 Å². The maximum absolute atomic E-state index is 5.52. The van der Waals surface area contributed by atoms with Gasteiger partial charge in [0.15, 0.2) is 17.4 Å². The maximum atomic E-state index is 5.52. The third kappa shape index (κ3) is 20.6. The van der Waals surface area contributed by atoms with Crippen LogP contribution in [-0.2, 0) is 0 Å². The Hall–Kier alpha value is -2.47. The molecule has 0 fully saturated rings. The van der Waals surface area contributed by atoms with Crippen LogP contribution in [-0.4, -0.2) is 15.0 Å². The Morgan fingerprint density at radius 2 is 1.29 bits per heavy atom. The van der Waals surface area contributed by atoms with Gasteiger partial charge >= 0.3 is 0 Å². The van der Waals surface area contributed by atoms with Gasteiger partial charge in [-0.05, 0) is 18.1 Å². The molecule has 0 saturated heterocycles. The summed E-state index contributed by atoms with van der Waals surface area (Å²) in [6, 6.07) is 7.82. The molecule has 6 heteroatoms. The summed E-state index contributed by atoms with van der Waals surface area (Å²) >= 11 is 1.60. The first kappa shape index (κ1) is 37.1. The van der Waals surface area contributed by atoms with Crippen LogP contribution < -0.4 is 0 Å². The van der Waals surface area contributed by atoms with Crippen molar-refractivity contribution >= 4 is 22.4 Å². The van der Waals surface area contributed by atoms with Gasteiger partial charge in [0.2, 0.25) is 0 Å². The van der Waals surface area contributed by atoms with Crippen molar-refractivity contribution in [3.05, 3.63) is 65.6 Å². The van der Waals surface area contributed by atoms with E-state index < -0.39 is 0 Å². The van der Waals surface area contributed by atoms with E-state index in [1.165, 1.54) is 0 Å². The Labute approximate surface area is 219 Å². The van der Waals surface area contributed by atoms with Gasteiger partial charge in [-0.2, -0.15) is 0 Å². The van der Waals surface area contributed by atoms with Gasteiger partial charge in [-0.15, -0.1) is 11.3 Å². The molecule has 0 atom stereocenters. The van der Waals surface area contributed by atoms with Crippen LogP contribution in [0, 0.1) is 5.92 Å². The Balaban J connectivity index is -0.000000389. The van der Waals surface area contributed by atoms with Crippen molar-refractivity contribution in [3.63, 3.8) is 0 Å². The highest BCUT2D eigenvalue weighted by atomic mass is 32.1. The van der Waals surface area contributed by atoms with Crippen LogP contribution in [0.1, 0.15) is 114 Å². The first-order chi connectivity index (χ1) is 16.8. The third-order valence-electron chi connectivity index (χ3n) is 3.10. The number of aromatic nitrogens is 3. The van der Waals surface area contributed by atoms with Crippen LogP contribution in [0.2, 0.25) is 0 Å².